The monoisotopic (exact) mass is 257 g/mol. The first-order valence-electron chi connectivity index (χ1n) is 6.80. The average molecular weight is 257 g/mol. The molecule has 0 aliphatic heterocycles. The molecular weight excluding hydrogens is 238 g/mol. The molecule has 0 bridgehead atoms. The van der Waals surface area contributed by atoms with Gasteiger partial charge < -0.3 is 5.73 Å². The summed E-state index contributed by atoms with van der Waals surface area (Å²) in [6.45, 7) is 4.59. The molecule has 1 aliphatic rings. The largest absolute Gasteiger partial charge is 0.399 e. The van der Waals surface area contributed by atoms with Gasteiger partial charge in [0.2, 0.25) is 0 Å². The first kappa shape index (κ1) is 12.1. The number of nitrogen functional groups attached to an aromatic ring is 1. The Morgan fingerprint density at radius 2 is 2.11 bits per heavy atom. The van der Waals surface area contributed by atoms with Crippen molar-refractivity contribution in [1.82, 2.24) is 20.2 Å². The van der Waals surface area contributed by atoms with Crippen LogP contribution in [0.3, 0.4) is 0 Å². The molecule has 19 heavy (non-hydrogen) atoms. The van der Waals surface area contributed by atoms with Crippen molar-refractivity contribution >= 4 is 5.69 Å². The number of nitrogens with two attached hydrogens (primary N) is 1. The molecule has 0 spiro atoms. The van der Waals surface area contributed by atoms with Crippen LogP contribution in [0.4, 0.5) is 5.69 Å². The lowest BCUT2D eigenvalue weighted by Gasteiger charge is -2.19. The van der Waals surface area contributed by atoms with Gasteiger partial charge in [-0.15, -0.1) is 5.10 Å². The smallest absolute Gasteiger partial charge is 0.182 e. The molecule has 1 heterocycles. The van der Waals surface area contributed by atoms with Crippen LogP contribution in [-0.4, -0.2) is 20.2 Å². The summed E-state index contributed by atoms with van der Waals surface area (Å²) in [5.74, 6) is 2.14. The Morgan fingerprint density at radius 3 is 2.79 bits per heavy atom. The Morgan fingerprint density at radius 1 is 1.26 bits per heavy atom. The van der Waals surface area contributed by atoms with E-state index in [1.54, 1.807) is 0 Å². The second-order valence-corrected chi connectivity index (χ2v) is 5.55. The van der Waals surface area contributed by atoms with Gasteiger partial charge >= 0.3 is 0 Å². The maximum Gasteiger partial charge on any atom is 0.182 e. The molecule has 1 fully saturated rings. The second kappa shape index (κ2) is 4.64. The summed E-state index contributed by atoms with van der Waals surface area (Å²) in [5.41, 5.74) is 7.56. The van der Waals surface area contributed by atoms with E-state index in [0.29, 0.717) is 12.0 Å². The molecule has 2 aromatic rings. The molecule has 1 aliphatic carbocycles. The Kier molecular flexibility index (Phi) is 2.97. The van der Waals surface area contributed by atoms with Crippen LogP contribution in [0.2, 0.25) is 0 Å². The first-order valence-corrected chi connectivity index (χ1v) is 6.80. The average Bonchev–Trinajstić information content (AvgIpc) is 2.98. The zero-order chi connectivity index (χ0) is 13.4. The summed E-state index contributed by atoms with van der Waals surface area (Å²) in [7, 11) is 0. The zero-order valence-corrected chi connectivity index (χ0v) is 11.3. The van der Waals surface area contributed by atoms with Crippen LogP contribution in [0.15, 0.2) is 24.3 Å². The minimum absolute atomic E-state index is 0.390. The number of hydrogen-bond acceptors (Lipinski definition) is 4. The Labute approximate surface area is 112 Å². The van der Waals surface area contributed by atoms with Crippen molar-refractivity contribution in [1.29, 1.82) is 0 Å². The van der Waals surface area contributed by atoms with E-state index in [0.717, 1.165) is 29.4 Å². The highest BCUT2D eigenvalue weighted by molar-refractivity contribution is 5.60. The van der Waals surface area contributed by atoms with E-state index in [1.165, 1.54) is 6.42 Å². The van der Waals surface area contributed by atoms with Crippen molar-refractivity contribution in [2.45, 2.75) is 32.7 Å². The summed E-state index contributed by atoms with van der Waals surface area (Å²) in [6.07, 6.45) is 2.38. The van der Waals surface area contributed by atoms with Crippen molar-refractivity contribution < 1.29 is 0 Å². The fourth-order valence-corrected chi connectivity index (χ4v) is 2.97. The van der Waals surface area contributed by atoms with Crippen LogP contribution in [0.5, 0.6) is 0 Å². The molecule has 2 N–H and O–H groups in total. The van der Waals surface area contributed by atoms with Gasteiger partial charge in [-0.2, -0.15) is 0 Å². The third-order valence-corrected chi connectivity index (χ3v) is 4.37. The molecule has 3 unspecified atom stereocenters. The molecule has 0 saturated heterocycles. The van der Waals surface area contributed by atoms with E-state index >= 15 is 0 Å². The van der Waals surface area contributed by atoms with Gasteiger partial charge in [-0.1, -0.05) is 26.0 Å². The van der Waals surface area contributed by atoms with Crippen LogP contribution < -0.4 is 5.73 Å². The fourth-order valence-electron chi connectivity index (χ4n) is 2.97. The molecule has 5 heteroatoms. The normalized spacial score (nSPS) is 26.7. The quantitative estimate of drug-likeness (QED) is 0.839. The number of anilines is 1. The second-order valence-electron chi connectivity index (χ2n) is 5.55. The van der Waals surface area contributed by atoms with Gasteiger partial charge in [0, 0.05) is 11.3 Å². The third kappa shape index (κ3) is 2.09. The fraction of sp³-hybridized carbons (Fsp3) is 0.500. The van der Waals surface area contributed by atoms with Gasteiger partial charge in [0.25, 0.3) is 0 Å². The Balaban J connectivity index is 1.99. The molecule has 0 amide bonds. The minimum atomic E-state index is 0.390. The lowest BCUT2D eigenvalue weighted by molar-refractivity contribution is 0.328. The predicted octanol–water partition coefficient (Wildman–Crippen LogP) is 2.53. The van der Waals surface area contributed by atoms with E-state index in [-0.39, 0.29) is 0 Å². The number of nitrogens with zero attached hydrogens (tertiary/aromatic N) is 4. The van der Waals surface area contributed by atoms with Crippen LogP contribution in [0, 0.1) is 11.8 Å². The van der Waals surface area contributed by atoms with E-state index in [1.807, 2.05) is 28.9 Å². The highest BCUT2D eigenvalue weighted by Crippen LogP contribution is 2.40. The minimum Gasteiger partial charge on any atom is -0.399 e. The summed E-state index contributed by atoms with van der Waals surface area (Å²) in [4.78, 5) is 0. The lowest BCUT2D eigenvalue weighted by Crippen LogP contribution is -2.17. The maximum atomic E-state index is 5.84. The number of hydrogen-bond donors (Lipinski definition) is 1. The zero-order valence-electron chi connectivity index (χ0n) is 11.3. The Bertz CT molecular complexity index is 577. The van der Waals surface area contributed by atoms with Gasteiger partial charge in [-0.05, 0) is 47.2 Å². The first-order chi connectivity index (χ1) is 9.16. The van der Waals surface area contributed by atoms with Crippen LogP contribution in [0.1, 0.15) is 32.7 Å². The van der Waals surface area contributed by atoms with Crippen LogP contribution in [0.25, 0.3) is 11.4 Å². The van der Waals surface area contributed by atoms with Crippen molar-refractivity contribution in [3.8, 4) is 11.4 Å². The summed E-state index contributed by atoms with van der Waals surface area (Å²) < 4.78 is 1.98. The molecule has 100 valence electrons. The summed E-state index contributed by atoms with van der Waals surface area (Å²) >= 11 is 0. The van der Waals surface area contributed by atoms with E-state index in [2.05, 4.69) is 29.4 Å². The molecule has 3 rings (SSSR count). The molecule has 3 atom stereocenters. The van der Waals surface area contributed by atoms with Gasteiger partial charge in [0.05, 0.1) is 6.04 Å². The molecule has 5 nitrogen and oxygen atoms in total. The van der Waals surface area contributed by atoms with Crippen molar-refractivity contribution in [3.63, 3.8) is 0 Å². The third-order valence-electron chi connectivity index (χ3n) is 4.37. The van der Waals surface area contributed by atoms with E-state index < -0.39 is 0 Å². The topological polar surface area (TPSA) is 69.6 Å². The van der Waals surface area contributed by atoms with E-state index in [9.17, 15) is 0 Å². The van der Waals surface area contributed by atoms with Gasteiger partial charge in [-0.25, -0.2) is 4.68 Å². The van der Waals surface area contributed by atoms with Crippen LogP contribution in [-0.2, 0) is 0 Å². The molecule has 1 aromatic heterocycles. The molecule has 1 aromatic carbocycles. The van der Waals surface area contributed by atoms with Gasteiger partial charge in [-0.3, -0.25) is 0 Å². The number of benzene rings is 1. The van der Waals surface area contributed by atoms with E-state index in [4.69, 9.17) is 5.73 Å². The van der Waals surface area contributed by atoms with Gasteiger partial charge in [0.15, 0.2) is 5.82 Å². The lowest BCUT2D eigenvalue weighted by atomic mass is 9.98. The highest BCUT2D eigenvalue weighted by atomic mass is 15.6. The molecule has 0 radical (unpaired) electrons. The molecular formula is C14H19N5. The summed E-state index contributed by atoms with van der Waals surface area (Å²) in [6, 6.07) is 8.12. The maximum absolute atomic E-state index is 5.84. The standard InChI is InChI=1S/C14H19N5/c1-9-6-7-13(10(9)2)19-14(16-17-18-19)11-4-3-5-12(15)8-11/h3-5,8-10,13H,6-7,15H2,1-2H3. The SMILES string of the molecule is CC1CCC(n2nnnc2-c2cccc(N)c2)C1C. The van der Waals surface area contributed by atoms with Crippen molar-refractivity contribution in [2.24, 2.45) is 11.8 Å². The highest BCUT2D eigenvalue weighted by Gasteiger charge is 2.33. The summed E-state index contributed by atoms with van der Waals surface area (Å²) in [5, 5.41) is 12.2. The van der Waals surface area contributed by atoms with Gasteiger partial charge in [0.1, 0.15) is 0 Å². The molecule has 1 saturated carbocycles. The van der Waals surface area contributed by atoms with Crippen LogP contribution >= 0.6 is 0 Å². The number of rotatable bonds is 2. The predicted molar refractivity (Wildman–Crippen MR) is 74.3 cm³/mol. The number of aromatic nitrogens is 4. The Hall–Kier alpha value is -1.91. The number of tetrazole rings is 1. The van der Waals surface area contributed by atoms with Crippen molar-refractivity contribution in [2.75, 3.05) is 5.73 Å². The van der Waals surface area contributed by atoms with Crippen molar-refractivity contribution in [3.05, 3.63) is 24.3 Å².